The average Bonchev–Trinajstić information content (AvgIpc) is 2.52. The number of nitrogens with two attached hydrogens (primary N) is 1. The fourth-order valence-electron chi connectivity index (χ4n) is 2.31. The topological polar surface area (TPSA) is 46.3 Å². The molecule has 0 saturated carbocycles. The number of rotatable bonds is 5. The molecule has 0 saturated heterocycles. The zero-order valence-corrected chi connectivity index (χ0v) is 13.7. The molecule has 2 aromatic carbocycles. The molecular formula is C18H21ClN2O. The van der Waals surface area contributed by atoms with Gasteiger partial charge in [0.2, 0.25) is 5.91 Å². The van der Waals surface area contributed by atoms with Gasteiger partial charge in [0.15, 0.2) is 0 Å². The van der Waals surface area contributed by atoms with E-state index in [1.54, 1.807) is 4.90 Å². The molecule has 1 unspecified atom stereocenters. The summed E-state index contributed by atoms with van der Waals surface area (Å²) in [6.45, 7) is 5.07. The van der Waals surface area contributed by atoms with Crippen molar-refractivity contribution < 1.29 is 4.79 Å². The first-order valence-electron chi connectivity index (χ1n) is 7.36. The third kappa shape index (κ3) is 4.09. The second kappa shape index (κ2) is 7.43. The van der Waals surface area contributed by atoms with E-state index in [1.807, 2.05) is 62.4 Å². The van der Waals surface area contributed by atoms with Gasteiger partial charge in [0.1, 0.15) is 6.04 Å². The molecule has 1 atom stereocenters. The Kier molecular flexibility index (Phi) is 5.58. The predicted molar refractivity (Wildman–Crippen MR) is 90.7 cm³/mol. The molecular weight excluding hydrogens is 296 g/mol. The Morgan fingerprint density at radius 3 is 2.50 bits per heavy atom. The first-order valence-corrected chi connectivity index (χ1v) is 7.74. The molecule has 1 amide bonds. The number of likely N-dealkylation sites (N-methyl/N-ethyl adjacent to an activating group) is 1. The van der Waals surface area contributed by atoms with Gasteiger partial charge in [-0.05, 0) is 37.1 Å². The van der Waals surface area contributed by atoms with Crippen LogP contribution in [0.3, 0.4) is 0 Å². The summed E-state index contributed by atoms with van der Waals surface area (Å²) in [6.07, 6.45) is 0. The first kappa shape index (κ1) is 16.5. The van der Waals surface area contributed by atoms with E-state index in [4.69, 9.17) is 17.3 Å². The molecule has 0 heterocycles. The second-order valence-electron chi connectivity index (χ2n) is 5.37. The number of nitrogens with zero attached hydrogens (tertiary/aromatic N) is 1. The third-order valence-corrected chi connectivity index (χ3v) is 3.89. The summed E-state index contributed by atoms with van der Waals surface area (Å²) in [5, 5.41) is 0.670. The van der Waals surface area contributed by atoms with Crippen LogP contribution in [0.15, 0.2) is 48.5 Å². The maximum atomic E-state index is 12.6. The van der Waals surface area contributed by atoms with Crippen LogP contribution in [0.2, 0.25) is 5.02 Å². The Balaban J connectivity index is 2.12. The number of hydrogen-bond acceptors (Lipinski definition) is 2. The lowest BCUT2D eigenvalue weighted by molar-refractivity contribution is -0.133. The van der Waals surface area contributed by atoms with Crippen molar-refractivity contribution in [3.8, 4) is 0 Å². The van der Waals surface area contributed by atoms with Gasteiger partial charge >= 0.3 is 0 Å². The summed E-state index contributed by atoms with van der Waals surface area (Å²) in [5.74, 6) is -0.0775. The molecule has 2 rings (SSSR count). The highest BCUT2D eigenvalue weighted by molar-refractivity contribution is 6.30. The zero-order chi connectivity index (χ0) is 16.1. The largest absolute Gasteiger partial charge is 0.337 e. The van der Waals surface area contributed by atoms with Gasteiger partial charge in [-0.15, -0.1) is 0 Å². The van der Waals surface area contributed by atoms with Gasteiger partial charge in [-0.3, -0.25) is 4.79 Å². The SMILES string of the molecule is CCN(Cc1cccc(Cl)c1)C(=O)C(N)c1ccc(C)cc1. The molecule has 3 nitrogen and oxygen atoms in total. The van der Waals surface area contributed by atoms with E-state index in [0.29, 0.717) is 18.1 Å². The van der Waals surface area contributed by atoms with Gasteiger partial charge in [0, 0.05) is 18.1 Å². The van der Waals surface area contributed by atoms with Crippen molar-refractivity contribution in [2.75, 3.05) is 6.54 Å². The van der Waals surface area contributed by atoms with Crippen molar-refractivity contribution in [3.05, 3.63) is 70.2 Å². The summed E-state index contributed by atoms with van der Waals surface area (Å²) < 4.78 is 0. The molecule has 0 bridgehead atoms. The molecule has 0 spiro atoms. The van der Waals surface area contributed by atoms with Gasteiger partial charge < -0.3 is 10.6 Å². The molecule has 2 aromatic rings. The first-order chi connectivity index (χ1) is 10.5. The fraction of sp³-hybridized carbons (Fsp3) is 0.278. The normalized spacial score (nSPS) is 12.0. The Morgan fingerprint density at radius 2 is 1.91 bits per heavy atom. The lowest BCUT2D eigenvalue weighted by Gasteiger charge is -2.25. The Hall–Kier alpha value is -1.84. The van der Waals surface area contributed by atoms with Gasteiger partial charge in [0.25, 0.3) is 0 Å². The fourth-order valence-corrected chi connectivity index (χ4v) is 2.53. The van der Waals surface area contributed by atoms with Gasteiger partial charge in [-0.2, -0.15) is 0 Å². The number of halogens is 1. The summed E-state index contributed by atoms with van der Waals surface area (Å²) >= 11 is 6.00. The second-order valence-corrected chi connectivity index (χ2v) is 5.81. The molecule has 0 fully saturated rings. The number of carbonyl (C=O) groups excluding carboxylic acids is 1. The number of hydrogen-bond donors (Lipinski definition) is 1. The molecule has 4 heteroatoms. The summed E-state index contributed by atoms with van der Waals surface area (Å²) in [4.78, 5) is 14.4. The minimum absolute atomic E-state index is 0.0775. The minimum atomic E-state index is -0.639. The van der Waals surface area contributed by atoms with Crippen LogP contribution in [-0.4, -0.2) is 17.4 Å². The van der Waals surface area contributed by atoms with Crippen LogP contribution in [0.5, 0.6) is 0 Å². The van der Waals surface area contributed by atoms with Crippen molar-refractivity contribution in [1.29, 1.82) is 0 Å². The van der Waals surface area contributed by atoms with Crippen LogP contribution < -0.4 is 5.73 Å². The standard InChI is InChI=1S/C18H21ClN2O/c1-3-21(12-14-5-4-6-16(19)11-14)18(22)17(20)15-9-7-13(2)8-10-15/h4-11,17H,3,12,20H2,1-2H3. The molecule has 0 aliphatic heterocycles. The summed E-state index contributed by atoms with van der Waals surface area (Å²) in [6, 6.07) is 14.6. The molecule has 0 aliphatic rings. The van der Waals surface area contributed by atoms with Crippen molar-refractivity contribution in [1.82, 2.24) is 4.90 Å². The maximum absolute atomic E-state index is 12.6. The Bertz CT molecular complexity index is 640. The molecule has 22 heavy (non-hydrogen) atoms. The number of benzene rings is 2. The number of carbonyl (C=O) groups is 1. The van der Waals surface area contributed by atoms with Crippen molar-refractivity contribution in [2.24, 2.45) is 5.73 Å². The molecule has 0 aliphatic carbocycles. The summed E-state index contributed by atoms with van der Waals surface area (Å²) in [5.41, 5.74) is 9.11. The van der Waals surface area contributed by atoms with Gasteiger partial charge in [-0.25, -0.2) is 0 Å². The van der Waals surface area contributed by atoms with Crippen molar-refractivity contribution in [3.63, 3.8) is 0 Å². The smallest absolute Gasteiger partial charge is 0.244 e. The predicted octanol–water partition coefficient (Wildman–Crippen LogP) is 3.70. The van der Waals surface area contributed by atoms with Crippen LogP contribution in [0, 0.1) is 6.92 Å². The highest BCUT2D eigenvalue weighted by Gasteiger charge is 2.21. The number of amides is 1. The van der Waals surface area contributed by atoms with Crippen LogP contribution in [-0.2, 0) is 11.3 Å². The van der Waals surface area contributed by atoms with Crippen LogP contribution in [0.1, 0.15) is 29.7 Å². The molecule has 0 aromatic heterocycles. The van der Waals surface area contributed by atoms with Crippen LogP contribution in [0.4, 0.5) is 0 Å². The zero-order valence-electron chi connectivity index (χ0n) is 12.9. The summed E-state index contributed by atoms with van der Waals surface area (Å²) in [7, 11) is 0. The van der Waals surface area contributed by atoms with E-state index >= 15 is 0 Å². The number of aryl methyl sites for hydroxylation is 1. The maximum Gasteiger partial charge on any atom is 0.244 e. The van der Waals surface area contributed by atoms with Gasteiger partial charge in [-0.1, -0.05) is 53.6 Å². The van der Waals surface area contributed by atoms with E-state index in [0.717, 1.165) is 16.7 Å². The van der Waals surface area contributed by atoms with Gasteiger partial charge in [0.05, 0.1) is 0 Å². The van der Waals surface area contributed by atoms with E-state index in [2.05, 4.69) is 0 Å². The highest BCUT2D eigenvalue weighted by atomic mass is 35.5. The minimum Gasteiger partial charge on any atom is -0.337 e. The molecule has 116 valence electrons. The average molecular weight is 317 g/mol. The van der Waals surface area contributed by atoms with E-state index in [9.17, 15) is 4.79 Å². The molecule has 2 N–H and O–H groups in total. The lowest BCUT2D eigenvalue weighted by Crippen LogP contribution is -2.38. The monoisotopic (exact) mass is 316 g/mol. The van der Waals surface area contributed by atoms with E-state index < -0.39 is 6.04 Å². The highest BCUT2D eigenvalue weighted by Crippen LogP contribution is 2.17. The molecule has 0 radical (unpaired) electrons. The van der Waals surface area contributed by atoms with Crippen LogP contribution in [0.25, 0.3) is 0 Å². The quantitative estimate of drug-likeness (QED) is 0.914. The Labute approximate surface area is 136 Å². The van der Waals surface area contributed by atoms with Crippen molar-refractivity contribution >= 4 is 17.5 Å². The third-order valence-electron chi connectivity index (χ3n) is 3.66. The van der Waals surface area contributed by atoms with E-state index in [1.165, 1.54) is 0 Å². The lowest BCUT2D eigenvalue weighted by atomic mass is 10.0. The Morgan fingerprint density at radius 1 is 1.23 bits per heavy atom. The van der Waals surface area contributed by atoms with Crippen molar-refractivity contribution in [2.45, 2.75) is 26.4 Å². The van der Waals surface area contributed by atoms with E-state index in [-0.39, 0.29) is 5.91 Å². The van der Waals surface area contributed by atoms with Crippen LogP contribution >= 0.6 is 11.6 Å².